The average Bonchev–Trinajstić information content (AvgIpc) is 2.76. The van der Waals surface area contributed by atoms with Crippen LogP contribution in [-0.4, -0.2) is 106 Å². The van der Waals surface area contributed by atoms with E-state index in [1.807, 2.05) is 36.4 Å². The van der Waals surface area contributed by atoms with Crippen LogP contribution in [-0.2, 0) is 18.9 Å². The van der Waals surface area contributed by atoms with Crippen LogP contribution in [0.4, 0.5) is 0 Å². The van der Waals surface area contributed by atoms with E-state index >= 15 is 0 Å². The van der Waals surface area contributed by atoms with Gasteiger partial charge in [0, 0.05) is 0 Å². The van der Waals surface area contributed by atoms with Gasteiger partial charge in [0.25, 0.3) is 0 Å². The Bertz CT molecular complexity index is 671. The fourth-order valence-electron chi connectivity index (χ4n) is 3.21. The third-order valence-electron chi connectivity index (χ3n) is 5.01. The Balaban J connectivity index is 1.52. The maximum absolute atomic E-state index is 10.2. The summed E-state index contributed by atoms with van der Waals surface area (Å²) >= 11 is 0. The summed E-state index contributed by atoms with van der Waals surface area (Å²) in [6.07, 6.45) is -8.71. The molecule has 0 saturated carbocycles. The standard InChI is InChI=1S/C20H28O10/c21-12-9-28-19(17(25)14(12)22)29-10-13-15(23)16(24)18(26)20(30-13)27-8-4-7-11-5-2-1-3-6-11/h1-7,12-26H,8-10H2/b7-4+/t12-,13-,14?,15-,16+,17+,18-,19+,20-/m1/s1. The van der Waals surface area contributed by atoms with E-state index in [-0.39, 0.29) is 19.8 Å². The van der Waals surface area contributed by atoms with Gasteiger partial charge in [0.15, 0.2) is 12.6 Å². The van der Waals surface area contributed by atoms with Crippen molar-refractivity contribution in [3.05, 3.63) is 42.0 Å². The van der Waals surface area contributed by atoms with Crippen LogP contribution < -0.4 is 0 Å². The molecule has 2 heterocycles. The molecule has 0 bridgehead atoms. The molecule has 9 atom stereocenters. The molecule has 0 radical (unpaired) electrons. The second-order valence-electron chi connectivity index (χ2n) is 7.24. The SMILES string of the molecule is OC1[C@H](O)CO[C@@H](OC[C@H]2O[C@@H](OC/C=C/c3ccccc3)[C@H](O)[C@@H](O)[C@@H]2O)[C@H]1O. The van der Waals surface area contributed by atoms with Crippen LogP contribution in [0, 0.1) is 0 Å². The molecule has 30 heavy (non-hydrogen) atoms. The Morgan fingerprint density at radius 2 is 1.53 bits per heavy atom. The number of aliphatic hydroxyl groups is 6. The lowest BCUT2D eigenvalue weighted by molar-refractivity contribution is -0.319. The van der Waals surface area contributed by atoms with Gasteiger partial charge in [-0.1, -0.05) is 42.5 Å². The van der Waals surface area contributed by atoms with E-state index in [2.05, 4.69) is 0 Å². The molecule has 2 aliphatic rings. The summed E-state index contributed by atoms with van der Waals surface area (Å²) < 4.78 is 21.5. The third kappa shape index (κ3) is 5.62. The van der Waals surface area contributed by atoms with Crippen molar-refractivity contribution in [1.82, 2.24) is 0 Å². The van der Waals surface area contributed by atoms with Gasteiger partial charge in [0.1, 0.15) is 42.7 Å². The number of hydrogen-bond donors (Lipinski definition) is 6. The van der Waals surface area contributed by atoms with Gasteiger partial charge in [0.2, 0.25) is 0 Å². The van der Waals surface area contributed by atoms with E-state index in [0.29, 0.717) is 0 Å². The Labute approximate surface area is 173 Å². The molecule has 2 saturated heterocycles. The molecule has 0 spiro atoms. The van der Waals surface area contributed by atoms with Crippen LogP contribution >= 0.6 is 0 Å². The van der Waals surface area contributed by atoms with Crippen molar-refractivity contribution < 1.29 is 49.6 Å². The van der Waals surface area contributed by atoms with Crippen LogP contribution in [0.2, 0.25) is 0 Å². The highest BCUT2D eigenvalue weighted by Gasteiger charge is 2.45. The highest BCUT2D eigenvalue weighted by Crippen LogP contribution is 2.24. The predicted molar refractivity (Wildman–Crippen MR) is 102 cm³/mol. The first-order valence-electron chi connectivity index (χ1n) is 9.68. The van der Waals surface area contributed by atoms with Gasteiger partial charge in [-0.25, -0.2) is 0 Å². The van der Waals surface area contributed by atoms with Crippen molar-refractivity contribution in [2.24, 2.45) is 0 Å². The van der Waals surface area contributed by atoms with E-state index < -0.39 is 55.3 Å². The Hall–Kier alpha value is -1.44. The lowest BCUT2D eigenvalue weighted by Crippen LogP contribution is -2.60. The molecule has 10 nitrogen and oxygen atoms in total. The highest BCUT2D eigenvalue weighted by molar-refractivity contribution is 5.48. The number of ether oxygens (including phenoxy) is 4. The summed E-state index contributed by atoms with van der Waals surface area (Å²) in [5.41, 5.74) is 0.964. The molecule has 3 rings (SSSR count). The third-order valence-corrected chi connectivity index (χ3v) is 5.01. The van der Waals surface area contributed by atoms with Crippen molar-refractivity contribution in [1.29, 1.82) is 0 Å². The monoisotopic (exact) mass is 428 g/mol. The molecule has 0 amide bonds. The maximum Gasteiger partial charge on any atom is 0.187 e. The van der Waals surface area contributed by atoms with Gasteiger partial charge in [-0.05, 0) is 5.56 Å². The second kappa shape index (κ2) is 10.7. The van der Waals surface area contributed by atoms with Crippen LogP contribution in [0.15, 0.2) is 36.4 Å². The molecule has 1 aromatic rings. The summed E-state index contributed by atoms with van der Waals surface area (Å²) in [6.45, 7) is -0.478. The smallest absolute Gasteiger partial charge is 0.187 e. The summed E-state index contributed by atoms with van der Waals surface area (Å²) in [7, 11) is 0. The van der Waals surface area contributed by atoms with Gasteiger partial charge in [-0.2, -0.15) is 0 Å². The van der Waals surface area contributed by atoms with Crippen LogP contribution in [0.1, 0.15) is 5.56 Å². The first-order chi connectivity index (χ1) is 14.4. The van der Waals surface area contributed by atoms with Crippen molar-refractivity contribution in [2.75, 3.05) is 19.8 Å². The largest absolute Gasteiger partial charge is 0.388 e. The maximum atomic E-state index is 10.2. The van der Waals surface area contributed by atoms with E-state index in [9.17, 15) is 30.6 Å². The molecule has 2 aliphatic heterocycles. The van der Waals surface area contributed by atoms with Crippen LogP contribution in [0.25, 0.3) is 6.08 Å². The minimum absolute atomic E-state index is 0.0849. The number of aliphatic hydroxyl groups excluding tert-OH is 6. The first kappa shape index (κ1) is 23.2. The lowest BCUT2D eigenvalue weighted by atomic mass is 9.99. The normalized spacial score (nSPS) is 40.0. The molecular weight excluding hydrogens is 400 g/mol. The summed E-state index contributed by atoms with van der Waals surface area (Å²) in [5.74, 6) is 0. The Morgan fingerprint density at radius 1 is 0.833 bits per heavy atom. The van der Waals surface area contributed by atoms with Gasteiger partial charge in [0.05, 0.1) is 19.8 Å². The second-order valence-corrected chi connectivity index (χ2v) is 7.24. The zero-order chi connectivity index (χ0) is 21.7. The van der Waals surface area contributed by atoms with Crippen molar-refractivity contribution in [3.8, 4) is 0 Å². The van der Waals surface area contributed by atoms with E-state index in [1.54, 1.807) is 6.08 Å². The number of benzene rings is 1. The van der Waals surface area contributed by atoms with Crippen LogP contribution in [0.5, 0.6) is 0 Å². The molecule has 0 aliphatic carbocycles. The van der Waals surface area contributed by atoms with E-state index in [4.69, 9.17) is 18.9 Å². The predicted octanol–water partition coefficient (Wildman–Crippen LogP) is -2.02. The average molecular weight is 428 g/mol. The molecule has 1 unspecified atom stereocenters. The van der Waals surface area contributed by atoms with Crippen molar-refractivity contribution >= 4 is 6.08 Å². The fourth-order valence-corrected chi connectivity index (χ4v) is 3.21. The van der Waals surface area contributed by atoms with E-state index in [1.165, 1.54) is 0 Å². The Kier molecular flexibility index (Phi) is 8.31. The van der Waals surface area contributed by atoms with Gasteiger partial charge >= 0.3 is 0 Å². The number of hydrogen-bond acceptors (Lipinski definition) is 10. The van der Waals surface area contributed by atoms with Crippen molar-refractivity contribution in [3.63, 3.8) is 0 Å². The number of rotatable bonds is 7. The highest BCUT2D eigenvalue weighted by atomic mass is 16.7. The molecule has 168 valence electrons. The van der Waals surface area contributed by atoms with Crippen LogP contribution in [0.3, 0.4) is 0 Å². The zero-order valence-electron chi connectivity index (χ0n) is 16.2. The molecule has 6 N–H and O–H groups in total. The lowest BCUT2D eigenvalue weighted by Gasteiger charge is -2.41. The molecular formula is C20H28O10. The zero-order valence-corrected chi connectivity index (χ0v) is 16.2. The quantitative estimate of drug-likeness (QED) is 0.286. The Morgan fingerprint density at radius 3 is 2.27 bits per heavy atom. The summed E-state index contributed by atoms with van der Waals surface area (Å²) in [6, 6.07) is 9.50. The van der Waals surface area contributed by atoms with Gasteiger partial charge in [-0.15, -0.1) is 0 Å². The minimum atomic E-state index is -1.54. The first-order valence-corrected chi connectivity index (χ1v) is 9.68. The van der Waals surface area contributed by atoms with Crippen molar-refractivity contribution in [2.45, 2.75) is 55.3 Å². The topological polar surface area (TPSA) is 158 Å². The minimum Gasteiger partial charge on any atom is -0.388 e. The summed E-state index contributed by atoms with van der Waals surface area (Å²) in [4.78, 5) is 0. The van der Waals surface area contributed by atoms with Gasteiger partial charge in [-0.3, -0.25) is 0 Å². The summed E-state index contributed by atoms with van der Waals surface area (Å²) in [5, 5.41) is 59.4. The fraction of sp³-hybridized carbons (Fsp3) is 0.600. The molecule has 10 heteroatoms. The molecule has 2 fully saturated rings. The molecule has 1 aromatic carbocycles. The van der Waals surface area contributed by atoms with E-state index in [0.717, 1.165) is 5.56 Å². The molecule has 0 aromatic heterocycles. The van der Waals surface area contributed by atoms with Gasteiger partial charge < -0.3 is 49.6 Å².